The van der Waals surface area contributed by atoms with Crippen LogP contribution in [0.2, 0.25) is 0 Å². The third-order valence-corrected chi connectivity index (χ3v) is 0.651. The molecular weight excluding hydrogens is 164 g/mol. The van der Waals surface area contributed by atoms with Crippen LogP contribution in [-0.4, -0.2) is 36.6 Å². The summed E-state index contributed by atoms with van der Waals surface area (Å²) in [5, 5.41) is 20.0. The third kappa shape index (κ3) is 22.8. The van der Waals surface area contributed by atoms with Crippen molar-refractivity contribution < 1.29 is 14.8 Å². The van der Waals surface area contributed by atoms with Crippen molar-refractivity contribution in [3.8, 4) is 0 Å². The number of ether oxygens (including phenoxy) is 1. The lowest BCUT2D eigenvalue weighted by atomic mass is 10.8. The van der Waals surface area contributed by atoms with E-state index < -0.39 is 11.7 Å². The number of aliphatic hydroxyl groups excluding tert-OH is 1. The second-order valence-electron chi connectivity index (χ2n) is 1.73. The molecule has 74 valence electrons. The predicted molar refractivity (Wildman–Crippen MR) is 44.2 cm³/mol. The molecule has 0 saturated carbocycles. The van der Waals surface area contributed by atoms with Crippen molar-refractivity contribution in [2.24, 2.45) is 0 Å². The molecule has 0 aliphatic heterocycles. The fourth-order valence-corrected chi connectivity index (χ4v) is 0.294. The van der Waals surface area contributed by atoms with Crippen LogP contribution in [-0.2, 0) is 4.74 Å². The lowest BCUT2D eigenvalue weighted by Gasteiger charge is -1.97. The number of nitrogens with zero attached hydrogens (tertiary/aromatic N) is 1. The van der Waals surface area contributed by atoms with Crippen LogP contribution < -0.4 is 5.32 Å². The van der Waals surface area contributed by atoms with Gasteiger partial charge in [-0.3, -0.25) is 15.4 Å². The van der Waals surface area contributed by atoms with E-state index in [2.05, 4.69) is 10.1 Å². The average molecular weight is 180 g/mol. The van der Waals surface area contributed by atoms with Crippen molar-refractivity contribution in [2.75, 3.05) is 26.6 Å². The van der Waals surface area contributed by atoms with Gasteiger partial charge in [0.1, 0.15) is 6.73 Å². The molecule has 0 unspecified atom stereocenters. The first kappa shape index (κ1) is 13.8. The monoisotopic (exact) mass is 180 g/mol. The van der Waals surface area contributed by atoms with Gasteiger partial charge in [0.15, 0.2) is 0 Å². The fraction of sp³-hybridized carbons (Fsp3) is 1.00. The first-order valence-corrected chi connectivity index (χ1v) is 3.70. The number of nitrogens with one attached hydrogen (secondary N) is 1. The molecule has 0 fully saturated rings. The van der Waals surface area contributed by atoms with Gasteiger partial charge in [0.25, 0.3) is 0 Å². The van der Waals surface area contributed by atoms with Crippen molar-refractivity contribution in [1.29, 1.82) is 0 Å². The Labute approximate surface area is 71.7 Å². The van der Waals surface area contributed by atoms with Crippen LogP contribution in [0, 0.1) is 10.1 Å². The molecule has 0 spiro atoms. The van der Waals surface area contributed by atoms with Gasteiger partial charge in [0.05, 0.1) is 0 Å². The molecule has 12 heavy (non-hydrogen) atoms. The molecule has 0 bridgehead atoms. The SMILES string of the molecule is CCNCOC[N+](=O)[O-].CCO. The van der Waals surface area contributed by atoms with E-state index >= 15 is 0 Å². The van der Waals surface area contributed by atoms with Gasteiger partial charge in [-0.2, -0.15) is 0 Å². The highest BCUT2D eigenvalue weighted by atomic mass is 16.7. The highest BCUT2D eigenvalue weighted by Gasteiger charge is 1.91. The second-order valence-corrected chi connectivity index (χ2v) is 1.73. The standard InChI is InChI=1S/C4H10N2O3.C2H6O/c1-2-5-3-9-4-6(7)8;1-2-3/h5H,2-4H2,1H3;3H,2H2,1H3. The fourth-order valence-electron chi connectivity index (χ4n) is 0.294. The number of hydrogen-bond acceptors (Lipinski definition) is 5. The number of hydrogen-bond donors (Lipinski definition) is 2. The largest absolute Gasteiger partial charge is 0.397 e. The molecule has 0 radical (unpaired) electrons. The quantitative estimate of drug-likeness (QED) is 0.265. The van der Waals surface area contributed by atoms with Gasteiger partial charge in [-0.05, 0) is 13.5 Å². The molecule has 0 aromatic carbocycles. The summed E-state index contributed by atoms with van der Waals surface area (Å²) in [5.74, 6) is 0. The summed E-state index contributed by atoms with van der Waals surface area (Å²) in [4.78, 5) is 9.10. The third-order valence-electron chi connectivity index (χ3n) is 0.651. The van der Waals surface area contributed by atoms with E-state index in [1.54, 1.807) is 6.92 Å². The molecule has 0 amide bonds. The Morgan fingerprint density at radius 3 is 2.42 bits per heavy atom. The zero-order valence-electron chi connectivity index (χ0n) is 7.45. The van der Waals surface area contributed by atoms with Gasteiger partial charge in [-0.15, -0.1) is 0 Å². The average Bonchev–Trinajstić information content (AvgIpc) is 1.99. The molecule has 0 aliphatic rings. The Kier molecular flexibility index (Phi) is 14.9. The Bertz CT molecular complexity index is 99.5. The minimum Gasteiger partial charge on any atom is -0.397 e. The maximum absolute atomic E-state index is 9.62. The number of nitro groups is 1. The zero-order valence-corrected chi connectivity index (χ0v) is 7.45. The van der Waals surface area contributed by atoms with Crippen molar-refractivity contribution in [2.45, 2.75) is 13.8 Å². The van der Waals surface area contributed by atoms with Crippen molar-refractivity contribution >= 4 is 0 Å². The number of aliphatic hydroxyl groups is 1. The highest BCUT2D eigenvalue weighted by Crippen LogP contribution is 1.70. The zero-order chi connectivity index (χ0) is 9.82. The maximum atomic E-state index is 9.62. The molecule has 2 N–H and O–H groups in total. The van der Waals surface area contributed by atoms with Crippen LogP contribution in [0.15, 0.2) is 0 Å². The molecule has 6 nitrogen and oxygen atoms in total. The van der Waals surface area contributed by atoms with Crippen LogP contribution in [0.3, 0.4) is 0 Å². The van der Waals surface area contributed by atoms with E-state index in [0.29, 0.717) is 0 Å². The summed E-state index contributed by atoms with van der Waals surface area (Å²) < 4.78 is 4.53. The van der Waals surface area contributed by atoms with Crippen molar-refractivity contribution in [3.63, 3.8) is 0 Å². The van der Waals surface area contributed by atoms with Crippen LogP contribution in [0.25, 0.3) is 0 Å². The summed E-state index contributed by atoms with van der Waals surface area (Å²) in [7, 11) is 0. The molecule has 0 aliphatic carbocycles. The molecule has 0 aromatic rings. The lowest BCUT2D eigenvalue weighted by Crippen LogP contribution is -2.19. The van der Waals surface area contributed by atoms with Crippen LogP contribution >= 0.6 is 0 Å². The lowest BCUT2D eigenvalue weighted by molar-refractivity contribution is -0.526. The molecular formula is C6H16N2O4. The van der Waals surface area contributed by atoms with Gasteiger partial charge < -0.3 is 9.84 Å². The minimum atomic E-state index is -0.517. The molecule has 0 saturated heterocycles. The summed E-state index contributed by atoms with van der Waals surface area (Å²) in [5.41, 5.74) is 0. The molecule has 0 rings (SSSR count). The summed E-state index contributed by atoms with van der Waals surface area (Å²) in [6, 6.07) is 0. The van der Waals surface area contributed by atoms with E-state index in [0.717, 1.165) is 6.54 Å². The van der Waals surface area contributed by atoms with Gasteiger partial charge in [0.2, 0.25) is 0 Å². The van der Waals surface area contributed by atoms with E-state index in [1.807, 2.05) is 6.92 Å². The van der Waals surface area contributed by atoms with Gasteiger partial charge >= 0.3 is 6.73 Å². The van der Waals surface area contributed by atoms with Gasteiger partial charge in [0, 0.05) is 11.5 Å². The molecule has 6 heteroatoms. The topological polar surface area (TPSA) is 84.6 Å². The number of rotatable bonds is 5. The van der Waals surface area contributed by atoms with E-state index in [1.165, 1.54) is 0 Å². The van der Waals surface area contributed by atoms with Gasteiger partial charge in [-0.25, -0.2) is 0 Å². The van der Waals surface area contributed by atoms with Gasteiger partial charge in [-0.1, -0.05) is 6.92 Å². The smallest absolute Gasteiger partial charge is 0.307 e. The minimum absolute atomic E-state index is 0.248. The Morgan fingerprint density at radius 2 is 2.08 bits per heavy atom. The summed E-state index contributed by atoms with van der Waals surface area (Å²) in [6.07, 6.45) is 0. The Morgan fingerprint density at radius 1 is 1.58 bits per heavy atom. The molecule has 0 aromatic heterocycles. The first-order chi connectivity index (χ1) is 5.68. The first-order valence-electron chi connectivity index (χ1n) is 3.70. The maximum Gasteiger partial charge on any atom is 0.307 e. The van der Waals surface area contributed by atoms with Crippen LogP contribution in [0.1, 0.15) is 13.8 Å². The normalized spacial score (nSPS) is 8.58. The van der Waals surface area contributed by atoms with E-state index in [4.69, 9.17) is 5.11 Å². The van der Waals surface area contributed by atoms with Crippen molar-refractivity contribution in [1.82, 2.24) is 5.32 Å². The predicted octanol–water partition coefficient (Wildman–Crippen LogP) is -0.197. The van der Waals surface area contributed by atoms with Crippen LogP contribution in [0.4, 0.5) is 0 Å². The Hall–Kier alpha value is -0.720. The highest BCUT2D eigenvalue weighted by molar-refractivity contribution is 4.24. The summed E-state index contributed by atoms with van der Waals surface area (Å²) >= 11 is 0. The second kappa shape index (κ2) is 12.9. The van der Waals surface area contributed by atoms with Crippen LogP contribution in [0.5, 0.6) is 0 Å². The molecule has 0 heterocycles. The summed E-state index contributed by atoms with van der Waals surface area (Å²) in [6.45, 7) is 4.41. The Balaban J connectivity index is 0. The van der Waals surface area contributed by atoms with Crippen molar-refractivity contribution in [3.05, 3.63) is 10.1 Å². The van der Waals surface area contributed by atoms with E-state index in [-0.39, 0.29) is 13.3 Å². The van der Waals surface area contributed by atoms with E-state index in [9.17, 15) is 10.1 Å². The molecule has 0 atom stereocenters.